The fourth-order valence-electron chi connectivity index (χ4n) is 2.12. The summed E-state index contributed by atoms with van der Waals surface area (Å²) in [7, 11) is 0. The number of halogens is 3. The van der Waals surface area contributed by atoms with Crippen molar-refractivity contribution in [2.24, 2.45) is 0 Å². The topological polar surface area (TPSA) is 73.8 Å². The third kappa shape index (κ3) is 3.54. The number of hydrogen-bond donors (Lipinski definition) is 3. The van der Waals surface area contributed by atoms with Gasteiger partial charge in [-0.2, -0.15) is 18.2 Å². The molecule has 1 aromatic heterocycles. The number of nitrogens with one attached hydrogen (secondary N) is 2. The predicted octanol–water partition coefficient (Wildman–Crippen LogP) is 3.65. The smallest absolute Gasteiger partial charge is 0.380 e. The maximum absolute atomic E-state index is 12.5. The molecule has 1 unspecified atom stereocenters. The van der Waals surface area contributed by atoms with Crippen molar-refractivity contribution in [2.75, 3.05) is 5.32 Å². The summed E-state index contributed by atoms with van der Waals surface area (Å²) in [5, 5.41) is 19.5. The first-order valence-corrected chi connectivity index (χ1v) is 7.03. The standard InChI is InChI=1S/C16H13F3N4O/c17-16(18,19)11-6-8-12(9-7-11)20-15-21-14(22-23-15)13(24)10-4-2-1-3-5-10/h1-9,13,24H,(H2,20,21,22,23). The molecule has 0 fully saturated rings. The molecule has 5 nitrogen and oxygen atoms in total. The molecule has 24 heavy (non-hydrogen) atoms. The first-order valence-electron chi connectivity index (χ1n) is 7.03. The normalized spacial score (nSPS) is 12.8. The zero-order valence-electron chi connectivity index (χ0n) is 12.2. The van der Waals surface area contributed by atoms with Crippen molar-refractivity contribution < 1.29 is 18.3 Å². The molecule has 0 saturated heterocycles. The summed E-state index contributed by atoms with van der Waals surface area (Å²) in [6.45, 7) is 0. The van der Waals surface area contributed by atoms with Crippen LogP contribution in [0.5, 0.6) is 0 Å². The average Bonchev–Trinajstić information content (AvgIpc) is 3.03. The minimum absolute atomic E-state index is 0.153. The van der Waals surface area contributed by atoms with Crippen molar-refractivity contribution in [1.29, 1.82) is 0 Å². The van der Waals surface area contributed by atoms with Gasteiger partial charge in [0.1, 0.15) is 6.10 Å². The highest BCUT2D eigenvalue weighted by molar-refractivity contribution is 5.53. The Bertz CT molecular complexity index is 800. The van der Waals surface area contributed by atoms with Crippen LogP contribution in [-0.2, 0) is 6.18 Å². The Morgan fingerprint density at radius 2 is 1.67 bits per heavy atom. The molecule has 8 heteroatoms. The summed E-state index contributed by atoms with van der Waals surface area (Å²) in [6.07, 6.45) is -5.35. The second-order valence-corrected chi connectivity index (χ2v) is 5.06. The maximum Gasteiger partial charge on any atom is 0.416 e. The number of hydrogen-bond acceptors (Lipinski definition) is 4. The highest BCUT2D eigenvalue weighted by atomic mass is 19.4. The summed E-state index contributed by atoms with van der Waals surface area (Å²) in [5.74, 6) is 0.385. The lowest BCUT2D eigenvalue weighted by Crippen LogP contribution is -2.04. The Balaban J connectivity index is 1.72. The van der Waals surface area contributed by atoms with Gasteiger partial charge in [0.2, 0.25) is 5.95 Å². The van der Waals surface area contributed by atoms with Crippen LogP contribution in [0.15, 0.2) is 54.6 Å². The third-order valence-electron chi connectivity index (χ3n) is 3.35. The van der Waals surface area contributed by atoms with Crippen LogP contribution in [0.3, 0.4) is 0 Å². The minimum atomic E-state index is -4.38. The molecule has 0 saturated carbocycles. The Labute approximate surface area is 135 Å². The van der Waals surface area contributed by atoms with E-state index in [0.29, 0.717) is 11.3 Å². The molecular weight excluding hydrogens is 321 g/mol. The number of alkyl halides is 3. The molecule has 124 valence electrons. The predicted molar refractivity (Wildman–Crippen MR) is 81.6 cm³/mol. The number of aliphatic hydroxyl groups excluding tert-OH is 1. The molecule has 0 amide bonds. The lowest BCUT2D eigenvalue weighted by atomic mass is 10.1. The summed E-state index contributed by atoms with van der Waals surface area (Å²) >= 11 is 0. The molecule has 1 heterocycles. The average molecular weight is 334 g/mol. The van der Waals surface area contributed by atoms with Crippen molar-refractivity contribution in [3.05, 3.63) is 71.5 Å². The van der Waals surface area contributed by atoms with Gasteiger partial charge in [-0.3, -0.25) is 5.10 Å². The fourth-order valence-corrected chi connectivity index (χ4v) is 2.12. The molecule has 3 rings (SSSR count). The van der Waals surface area contributed by atoms with E-state index in [-0.39, 0.29) is 11.8 Å². The summed E-state index contributed by atoms with van der Waals surface area (Å²) in [5.41, 5.74) is 0.320. The molecule has 0 aliphatic rings. The summed E-state index contributed by atoms with van der Waals surface area (Å²) in [6, 6.07) is 13.4. The minimum Gasteiger partial charge on any atom is -0.380 e. The Morgan fingerprint density at radius 3 is 2.29 bits per heavy atom. The molecule has 0 bridgehead atoms. The Kier molecular flexibility index (Phi) is 4.22. The van der Waals surface area contributed by atoms with Crippen molar-refractivity contribution in [1.82, 2.24) is 15.2 Å². The van der Waals surface area contributed by atoms with Crippen LogP contribution in [-0.4, -0.2) is 20.3 Å². The molecule has 3 aromatic rings. The van der Waals surface area contributed by atoms with Crippen LogP contribution in [0.4, 0.5) is 24.8 Å². The highest BCUT2D eigenvalue weighted by Gasteiger charge is 2.29. The van der Waals surface area contributed by atoms with Gasteiger partial charge >= 0.3 is 6.18 Å². The van der Waals surface area contributed by atoms with Gasteiger partial charge < -0.3 is 10.4 Å². The number of nitrogens with zero attached hydrogens (tertiary/aromatic N) is 2. The van der Waals surface area contributed by atoms with Crippen LogP contribution < -0.4 is 5.32 Å². The number of aromatic nitrogens is 3. The van der Waals surface area contributed by atoms with Crippen molar-refractivity contribution in [2.45, 2.75) is 12.3 Å². The van der Waals surface area contributed by atoms with Crippen LogP contribution in [0.2, 0.25) is 0 Å². The van der Waals surface area contributed by atoms with Gasteiger partial charge in [-0.1, -0.05) is 30.3 Å². The van der Waals surface area contributed by atoms with E-state index in [1.807, 2.05) is 6.07 Å². The second-order valence-electron chi connectivity index (χ2n) is 5.06. The lowest BCUT2D eigenvalue weighted by Gasteiger charge is -2.08. The van der Waals surface area contributed by atoms with Gasteiger partial charge in [0, 0.05) is 5.69 Å². The van der Waals surface area contributed by atoms with E-state index >= 15 is 0 Å². The van der Waals surface area contributed by atoms with E-state index in [0.717, 1.165) is 12.1 Å². The Hall–Kier alpha value is -2.87. The SMILES string of the molecule is OC(c1ccccc1)c1nc(Nc2ccc(C(F)(F)F)cc2)n[nH]1. The van der Waals surface area contributed by atoms with Gasteiger partial charge in [0.25, 0.3) is 0 Å². The lowest BCUT2D eigenvalue weighted by molar-refractivity contribution is -0.137. The Morgan fingerprint density at radius 1 is 1.00 bits per heavy atom. The molecule has 1 atom stereocenters. The number of aromatic amines is 1. The van der Waals surface area contributed by atoms with Gasteiger partial charge in [0.05, 0.1) is 5.56 Å². The second kappa shape index (κ2) is 6.32. The largest absolute Gasteiger partial charge is 0.416 e. The van der Waals surface area contributed by atoms with Gasteiger partial charge in [0.15, 0.2) is 5.82 Å². The number of benzene rings is 2. The fraction of sp³-hybridized carbons (Fsp3) is 0.125. The quantitative estimate of drug-likeness (QED) is 0.681. The summed E-state index contributed by atoms with van der Waals surface area (Å²) < 4.78 is 37.6. The van der Waals surface area contributed by atoms with Crippen LogP contribution >= 0.6 is 0 Å². The van der Waals surface area contributed by atoms with Gasteiger partial charge in [-0.05, 0) is 29.8 Å². The van der Waals surface area contributed by atoms with Crippen LogP contribution in [0, 0.1) is 0 Å². The third-order valence-corrected chi connectivity index (χ3v) is 3.35. The molecule has 3 N–H and O–H groups in total. The van der Waals surface area contributed by atoms with E-state index in [4.69, 9.17) is 0 Å². The zero-order chi connectivity index (χ0) is 17.2. The molecule has 2 aromatic carbocycles. The number of rotatable bonds is 4. The van der Waals surface area contributed by atoms with Crippen LogP contribution in [0.1, 0.15) is 23.1 Å². The van der Waals surface area contributed by atoms with E-state index in [1.165, 1.54) is 12.1 Å². The molecule has 0 radical (unpaired) electrons. The van der Waals surface area contributed by atoms with E-state index in [9.17, 15) is 18.3 Å². The molecule has 0 aliphatic heterocycles. The first kappa shape index (κ1) is 16.0. The molecular formula is C16H13F3N4O. The summed E-state index contributed by atoms with van der Waals surface area (Å²) in [4.78, 5) is 4.10. The zero-order valence-corrected chi connectivity index (χ0v) is 12.2. The maximum atomic E-state index is 12.5. The van der Waals surface area contributed by atoms with Crippen molar-refractivity contribution in [3.8, 4) is 0 Å². The molecule has 0 aliphatic carbocycles. The number of anilines is 2. The monoisotopic (exact) mass is 334 g/mol. The van der Waals surface area contributed by atoms with Crippen LogP contribution in [0.25, 0.3) is 0 Å². The number of H-pyrrole nitrogens is 1. The number of aliphatic hydroxyl groups is 1. The van der Waals surface area contributed by atoms with Crippen molar-refractivity contribution in [3.63, 3.8) is 0 Å². The first-order chi connectivity index (χ1) is 11.4. The van der Waals surface area contributed by atoms with Gasteiger partial charge in [-0.25, -0.2) is 0 Å². The van der Waals surface area contributed by atoms with Crippen molar-refractivity contribution >= 4 is 11.6 Å². The van der Waals surface area contributed by atoms with Gasteiger partial charge in [-0.15, -0.1) is 5.10 Å². The van der Waals surface area contributed by atoms with E-state index in [1.54, 1.807) is 24.3 Å². The molecule has 0 spiro atoms. The van der Waals surface area contributed by atoms with E-state index < -0.39 is 17.8 Å². The van der Waals surface area contributed by atoms with E-state index in [2.05, 4.69) is 20.5 Å². The highest BCUT2D eigenvalue weighted by Crippen LogP contribution is 2.30.